The fourth-order valence-electron chi connectivity index (χ4n) is 3.06. The predicted molar refractivity (Wildman–Crippen MR) is 94.8 cm³/mol. The van der Waals surface area contributed by atoms with E-state index in [1.807, 2.05) is 0 Å². The maximum absolute atomic E-state index is 12.4. The first kappa shape index (κ1) is 22.4. The third kappa shape index (κ3) is 5.35. The Labute approximate surface area is 166 Å². The third-order valence-electron chi connectivity index (χ3n) is 5.16. The Bertz CT molecular complexity index is 705. The summed E-state index contributed by atoms with van der Waals surface area (Å²) in [6.07, 6.45) is 0. The SMILES string of the molecule is CC(C(=O)O)C(=O)OCN1C(=O)CN(C(C)C(C)N2CC(=O)NC(=O)C2)CC1=O. The van der Waals surface area contributed by atoms with Gasteiger partial charge in [0.15, 0.2) is 12.6 Å². The Kier molecular flexibility index (Phi) is 7.03. The highest BCUT2D eigenvalue weighted by Crippen LogP contribution is 2.16. The zero-order valence-electron chi connectivity index (χ0n) is 16.4. The highest BCUT2D eigenvalue weighted by Gasteiger charge is 2.38. The molecule has 0 spiro atoms. The number of imide groups is 2. The van der Waals surface area contributed by atoms with Gasteiger partial charge >= 0.3 is 11.9 Å². The lowest BCUT2D eigenvalue weighted by Crippen LogP contribution is -2.62. The van der Waals surface area contributed by atoms with Gasteiger partial charge in [0.25, 0.3) is 0 Å². The molecule has 3 unspecified atom stereocenters. The number of esters is 1. The molecular weight excluding hydrogens is 388 g/mol. The average molecular weight is 412 g/mol. The van der Waals surface area contributed by atoms with E-state index in [-0.39, 0.29) is 38.3 Å². The van der Waals surface area contributed by atoms with Gasteiger partial charge in [-0.3, -0.25) is 43.9 Å². The summed E-state index contributed by atoms with van der Waals surface area (Å²) >= 11 is 0. The normalized spacial score (nSPS) is 22.1. The van der Waals surface area contributed by atoms with E-state index in [1.165, 1.54) is 0 Å². The number of hydrogen-bond donors (Lipinski definition) is 2. The van der Waals surface area contributed by atoms with Crippen molar-refractivity contribution in [1.29, 1.82) is 0 Å². The largest absolute Gasteiger partial charge is 0.481 e. The van der Waals surface area contributed by atoms with Crippen molar-refractivity contribution >= 4 is 35.6 Å². The van der Waals surface area contributed by atoms with Gasteiger partial charge in [0.1, 0.15) is 0 Å². The molecule has 4 amide bonds. The van der Waals surface area contributed by atoms with Crippen LogP contribution in [-0.4, -0.2) is 100 Å². The average Bonchev–Trinajstić information content (AvgIpc) is 2.64. The minimum Gasteiger partial charge on any atom is -0.481 e. The van der Waals surface area contributed by atoms with Crippen molar-refractivity contribution in [1.82, 2.24) is 20.0 Å². The molecule has 0 aromatic heterocycles. The summed E-state index contributed by atoms with van der Waals surface area (Å²) in [6.45, 7) is 3.90. The van der Waals surface area contributed by atoms with Crippen molar-refractivity contribution in [2.24, 2.45) is 5.92 Å². The second-order valence-corrected chi connectivity index (χ2v) is 7.13. The Hall–Kier alpha value is -2.86. The Morgan fingerprint density at radius 1 is 0.931 bits per heavy atom. The number of aliphatic carboxylic acids is 1. The van der Waals surface area contributed by atoms with Crippen LogP contribution in [0.25, 0.3) is 0 Å². The van der Waals surface area contributed by atoms with Crippen molar-refractivity contribution in [3.63, 3.8) is 0 Å². The number of piperazine rings is 2. The van der Waals surface area contributed by atoms with Crippen LogP contribution >= 0.6 is 0 Å². The topological polar surface area (TPSA) is 154 Å². The summed E-state index contributed by atoms with van der Waals surface area (Å²) < 4.78 is 4.76. The molecule has 29 heavy (non-hydrogen) atoms. The number of ether oxygens (including phenoxy) is 1. The molecule has 2 aliphatic rings. The predicted octanol–water partition coefficient (Wildman–Crippen LogP) is -2.39. The summed E-state index contributed by atoms with van der Waals surface area (Å²) in [5.74, 6) is -5.83. The first-order chi connectivity index (χ1) is 13.5. The van der Waals surface area contributed by atoms with Crippen molar-refractivity contribution in [3.8, 4) is 0 Å². The van der Waals surface area contributed by atoms with Crippen LogP contribution in [0, 0.1) is 5.92 Å². The lowest BCUT2D eigenvalue weighted by Gasteiger charge is -2.41. The van der Waals surface area contributed by atoms with Crippen LogP contribution in [0.3, 0.4) is 0 Å². The fraction of sp³-hybridized carbons (Fsp3) is 0.647. The first-order valence-corrected chi connectivity index (χ1v) is 9.04. The Morgan fingerprint density at radius 3 is 1.83 bits per heavy atom. The number of nitrogens with one attached hydrogen (secondary N) is 1. The maximum Gasteiger partial charge on any atom is 0.321 e. The minimum atomic E-state index is -1.41. The van der Waals surface area contributed by atoms with E-state index in [0.29, 0.717) is 0 Å². The molecule has 0 saturated carbocycles. The molecule has 2 N–H and O–H groups in total. The van der Waals surface area contributed by atoms with Crippen LogP contribution in [0.1, 0.15) is 20.8 Å². The number of rotatable bonds is 7. The Morgan fingerprint density at radius 2 is 1.38 bits per heavy atom. The van der Waals surface area contributed by atoms with Gasteiger partial charge in [-0.15, -0.1) is 0 Å². The molecular formula is C17H24N4O8. The molecule has 2 rings (SSSR count). The van der Waals surface area contributed by atoms with Crippen LogP contribution in [0.15, 0.2) is 0 Å². The van der Waals surface area contributed by atoms with Gasteiger partial charge in [-0.1, -0.05) is 0 Å². The van der Waals surface area contributed by atoms with Gasteiger partial charge in [-0.2, -0.15) is 0 Å². The van der Waals surface area contributed by atoms with E-state index in [0.717, 1.165) is 11.8 Å². The molecule has 12 nitrogen and oxygen atoms in total. The van der Waals surface area contributed by atoms with Gasteiger partial charge in [-0.25, -0.2) is 4.90 Å². The van der Waals surface area contributed by atoms with E-state index >= 15 is 0 Å². The monoisotopic (exact) mass is 412 g/mol. The number of nitrogens with zero attached hydrogens (tertiary/aromatic N) is 3. The van der Waals surface area contributed by atoms with Gasteiger partial charge in [0.2, 0.25) is 23.6 Å². The van der Waals surface area contributed by atoms with Gasteiger partial charge < -0.3 is 9.84 Å². The molecule has 0 bridgehead atoms. The number of amides is 4. The van der Waals surface area contributed by atoms with Crippen LogP contribution < -0.4 is 5.32 Å². The zero-order valence-corrected chi connectivity index (χ0v) is 16.4. The van der Waals surface area contributed by atoms with Crippen molar-refractivity contribution in [2.75, 3.05) is 32.9 Å². The molecule has 160 valence electrons. The van der Waals surface area contributed by atoms with E-state index < -0.39 is 48.2 Å². The number of hydrogen-bond acceptors (Lipinski definition) is 9. The van der Waals surface area contributed by atoms with Crippen molar-refractivity contribution in [2.45, 2.75) is 32.9 Å². The second kappa shape index (κ2) is 9.09. The highest BCUT2D eigenvalue weighted by molar-refractivity contribution is 6.00. The van der Waals surface area contributed by atoms with E-state index in [1.54, 1.807) is 23.6 Å². The maximum atomic E-state index is 12.4. The molecule has 2 aliphatic heterocycles. The molecule has 12 heteroatoms. The van der Waals surface area contributed by atoms with Crippen molar-refractivity contribution < 1.29 is 38.6 Å². The summed E-state index contributed by atoms with van der Waals surface area (Å²) in [5.41, 5.74) is 0. The smallest absolute Gasteiger partial charge is 0.321 e. The standard InChI is InChI=1S/C17H24N4O8/c1-9(16(26)27)17(28)29-8-21-14(24)6-20(7-15(21)25)11(3)10(2)19-4-12(22)18-13(23)5-19/h9-11H,4-8H2,1-3H3,(H,26,27)(H,18,22,23). The molecule has 3 atom stereocenters. The van der Waals surface area contributed by atoms with Crippen LogP contribution in [-0.2, 0) is 33.5 Å². The lowest BCUT2D eigenvalue weighted by molar-refractivity contribution is -0.168. The molecule has 2 fully saturated rings. The third-order valence-corrected chi connectivity index (χ3v) is 5.16. The number of carboxylic acids is 1. The summed E-state index contributed by atoms with van der Waals surface area (Å²) in [5, 5.41) is 11.0. The summed E-state index contributed by atoms with van der Waals surface area (Å²) in [4.78, 5) is 74.3. The molecule has 0 aromatic carbocycles. The number of carbonyl (C=O) groups excluding carboxylic acids is 5. The van der Waals surface area contributed by atoms with E-state index in [9.17, 15) is 28.8 Å². The molecule has 0 aromatic rings. The van der Waals surface area contributed by atoms with Crippen molar-refractivity contribution in [3.05, 3.63) is 0 Å². The van der Waals surface area contributed by atoms with E-state index in [2.05, 4.69) is 5.32 Å². The van der Waals surface area contributed by atoms with E-state index in [4.69, 9.17) is 9.84 Å². The summed E-state index contributed by atoms with van der Waals surface area (Å²) in [7, 11) is 0. The minimum absolute atomic E-state index is 0.0385. The van der Waals surface area contributed by atoms with Crippen LogP contribution in [0.2, 0.25) is 0 Å². The molecule has 0 aliphatic carbocycles. The fourth-order valence-corrected chi connectivity index (χ4v) is 3.06. The highest BCUT2D eigenvalue weighted by atomic mass is 16.5. The number of carbonyl (C=O) groups is 6. The molecule has 2 heterocycles. The molecule has 2 saturated heterocycles. The van der Waals surface area contributed by atoms with Gasteiger partial charge in [0.05, 0.1) is 26.2 Å². The van der Waals surface area contributed by atoms with Crippen LogP contribution in [0.4, 0.5) is 0 Å². The van der Waals surface area contributed by atoms with Gasteiger partial charge in [0, 0.05) is 12.1 Å². The first-order valence-electron chi connectivity index (χ1n) is 9.04. The zero-order chi connectivity index (χ0) is 21.9. The number of carboxylic acid groups (broad SMARTS) is 1. The van der Waals surface area contributed by atoms with Crippen LogP contribution in [0.5, 0.6) is 0 Å². The Balaban J connectivity index is 1.94. The lowest BCUT2D eigenvalue weighted by atomic mass is 10.1. The summed E-state index contributed by atoms with van der Waals surface area (Å²) in [6, 6.07) is -0.607. The quantitative estimate of drug-likeness (QED) is 0.263. The molecule has 0 radical (unpaired) electrons. The van der Waals surface area contributed by atoms with Gasteiger partial charge in [-0.05, 0) is 20.8 Å². The second-order valence-electron chi connectivity index (χ2n) is 7.13.